The van der Waals surface area contributed by atoms with Crippen molar-refractivity contribution in [3.8, 4) is 0 Å². The molecule has 3 aromatic rings. The van der Waals surface area contributed by atoms with E-state index in [0.29, 0.717) is 10.7 Å². The summed E-state index contributed by atoms with van der Waals surface area (Å²) in [4.78, 5) is 28.0. The normalized spacial score (nSPS) is 10.7. The fraction of sp³-hybridized carbons (Fsp3) is 0.211. The van der Waals surface area contributed by atoms with Gasteiger partial charge >= 0.3 is 5.97 Å². The summed E-state index contributed by atoms with van der Waals surface area (Å²) < 4.78 is 11.3. The number of anilines is 1. The van der Waals surface area contributed by atoms with Crippen LogP contribution in [0.1, 0.15) is 10.6 Å². The molecule has 1 aromatic heterocycles. The SMILES string of the molecule is Cc1cc(Cl)ccc1NC(=O)COC(=O)COCc1nc2ccccc2s1. The summed E-state index contributed by atoms with van der Waals surface area (Å²) in [5, 5.41) is 4.03. The molecule has 1 N–H and O–H groups in total. The Hall–Kier alpha value is -2.48. The van der Waals surface area contributed by atoms with Crippen LogP contribution in [0.3, 0.4) is 0 Å². The Labute approximate surface area is 165 Å². The second kappa shape index (κ2) is 8.94. The number of amides is 1. The first-order valence-electron chi connectivity index (χ1n) is 8.15. The van der Waals surface area contributed by atoms with E-state index in [1.54, 1.807) is 18.2 Å². The molecular formula is C19H17ClN2O4S. The van der Waals surface area contributed by atoms with Crippen LogP contribution >= 0.6 is 22.9 Å². The zero-order valence-electron chi connectivity index (χ0n) is 14.5. The third-order valence-corrected chi connectivity index (χ3v) is 4.86. The molecule has 0 aliphatic carbocycles. The molecule has 6 nitrogen and oxygen atoms in total. The molecule has 0 aliphatic rings. The lowest BCUT2D eigenvalue weighted by atomic mass is 10.2. The van der Waals surface area contributed by atoms with Crippen LogP contribution in [0.5, 0.6) is 0 Å². The highest BCUT2D eigenvalue weighted by Crippen LogP contribution is 2.22. The summed E-state index contributed by atoms with van der Waals surface area (Å²) in [5.41, 5.74) is 2.34. The largest absolute Gasteiger partial charge is 0.454 e. The van der Waals surface area contributed by atoms with Crippen LogP contribution in [-0.2, 0) is 25.7 Å². The standard InChI is InChI=1S/C19H17ClN2O4S/c1-12-8-13(20)6-7-14(12)21-17(23)9-26-19(24)11-25-10-18-22-15-4-2-3-5-16(15)27-18/h2-8H,9-11H2,1H3,(H,21,23). The molecule has 0 fully saturated rings. The Morgan fingerprint density at radius 2 is 2.00 bits per heavy atom. The number of nitrogens with one attached hydrogen (secondary N) is 1. The minimum atomic E-state index is -0.612. The van der Waals surface area contributed by atoms with E-state index in [9.17, 15) is 9.59 Å². The number of para-hydroxylation sites is 1. The number of ether oxygens (including phenoxy) is 2. The molecule has 3 rings (SSSR count). The molecule has 0 bridgehead atoms. The average Bonchev–Trinajstić information content (AvgIpc) is 3.05. The minimum Gasteiger partial charge on any atom is -0.454 e. The Morgan fingerprint density at radius 1 is 1.19 bits per heavy atom. The van der Waals surface area contributed by atoms with E-state index < -0.39 is 11.9 Å². The van der Waals surface area contributed by atoms with Crippen molar-refractivity contribution >= 4 is 50.7 Å². The fourth-order valence-electron chi connectivity index (χ4n) is 2.34. The van der Waals surface area contributed by atoms with Crippen molar-refractivity contribution in [2.75, 3.05) is 18.5 Å². The van der Waals surface area contributed by atoms with Crippen LogP contribution in [0, 0.1) is 6.92 Å². The fourth-order valence-corrected chi connectivity index (χ4v) is 3.48. The number of thiazole rings is 1. The molecule has 1 heterocycles. The quantitative estimate of drug-likeness (QED) is 0.603. The third-order valence-electron chi connectivity index (χ3n) is 3.61. The van der Waals surface area contributed by atoms with Gasteiger partial charge in [-0.3, -0.25) is 4.79 Å². The van der Waals surface area contributed by atoms with Crippen LogP contribution in [-0.4, -0.2) is 30.1 Å². The summed E-state index contributed by atoms with van der Waals surface area (Å²) in [5.74, 6) is -1.04. The van der Waals surface area contributed by atoms with Crippen molar-refractivity contribution in [1.29, 1.82) is 0 Å². The van der Waals surface area contributed by atoms with Crippen LogP contribution in [0.25, 0.3) is 10.2 Å². The number of fused-ring (bicyclic) bond motifs is 1. The molecule has 27 heavy (non-hydrogen) atoms. The number of hydrogen-bond acceptors (Lipinski definition) is 6. The molecule has 0 atom stereocenters. The zero-order valence-corrected chi connectivity index (χ0v) is 16.1. The number of halogens is 1. The summed E-state index contributed by atoms with van der Waals surface area (Å²) in [6.45, 7) is 1.41. The van der Waals surface area contributed by atoms with Gasteiger partial charge in [-0.25, -0.2) is 9.78 Å². The van der Waals surface area contributed by atoms with Gasteiger partial charge in [0.15, 0.2) is 6.61 Å². The molecule has 8 heteroatoms. The number of benzene rings is 2. The highest BCUT2D eigenvalue weighted by Gasteiger charge is 2.10. The molecule has 0 unspecified atom stereocenters. The molecule has 0 saturated carbocycles. The second-order valence-corrected chi connectivity index (χ2v) is 7.29. The van der Waals surface area contributed by atoms with Crippen LogP contribution in [0.4, 0.5) is 5.69 Å². The Bertz CT molecular complexity index is 940. The van der Waals surface area contributed by atoms with Crippen molar-refractivity contribution in [2.45, 2.75) is 13.5 Å². The van der Waals surface area contributed by atoms with Gasteiger partial charge in [-0.05, 0) is 42.8 Å². The molecule has 140 valence electrons. The van der Waals surface area contributed by atoms with Crippen molar-refractivity contribution in [3.63, 3.8) is 0 Å². The maximum atomic E-state index is 11.9. The van der Waals surface area contributed by atoms with E-state index >= 15 is 0 Å². The molecule has 2 aromatic carbocycles. The van der Waals surface area contributed by atoms with Crippen molar-refractivity contribution in [3.05, 3.63) is 58.1 Å². The Balaban J connectivity index is 1.39. The number of aryl methyl sites for hydroxylation is 1. The molecule has 0 spiro atoms. The highest BCUT2D eigenvalue weighted by atomic mass is 35.5. The lowest BCUT2D eigenvalue weighted by Crippen LogP contribution is -2.23. The summed E-state index contributed by atoms with van der Waals surface area (Å²) in [6.07, 6.45) is 0. The van der Waals surface area contributed by atoms with Gasteiger partial charge in [-0.1, -0.05) is 23.7 Å². The highest BCUT2D eigenvalue weighted by molar-refractivity contribution is 7.18. The predicted molar refractivity (Wildman–Crippen MR) is 105 cm³/mol. The van der Waals surface area contributed by atoms with Gasteiger partial charge in [0.25, 0.3) is 5.91 Å². The first kappa shape index (κ1) is 19.3. The van der Waals surface area contributed by atoms with Gasteiger partial charge in [0.05, 0.1) is 16.8 Å². The van der Waals surface area contributed by atoms with Gasteiger partial charge in [-0.2, -0.15) is 0 Å². The number of carbonyl (C=O) groups is 2. The van der Waals surface area contributed by atoms with E-state index in [-0.39, 0.29) is 19.8 Å². The van der Waals surface area contributed by atoms with Gasteiger partial charge in [-0.15, -0.1) is 11.3 Å². The van der Waals surface area contributed by atoms with Gasteiger partial charge < -0.3 is 14.8 Å². The van der Waals surface area contributed by atoms with Crippen LogP contribution < -0.4 is 5.32 Å². The molecular weight excluding hydrogens is 388 g/mol. The van der Waals surface area contributed by atoms with Crippen molar-refractivity contribution < 1.29 is 19.1 Å². The van der Waals surface area contributed by atoms with Crippen molar-refractivity contribution in [1.82, 2.24) is 4.98 Å². The van der Waals surface area contributed by atoms with Gasteiger partial charge in [0, 0.05) is 10.7 Å². The predicted octanol–water partition coefficient (Wildman–Crippen LogP) is 3.96. The van der Waals surface area contributed by atoms with E-state index in [1.165, 1.54) is 11.3 Å². The maximum Gasteiger partial charge on any atom is 0.332 e. The molecule has 0 aliphatic heterocycles. The summed E-state index contributed by atoms with van der Waals surface area (Å²) in [7, 11) is 0. The van der Waals surface area contributed by atoms with E-state index in [2.05, 4.69) is 10.3 Å². The topological polar surface area (TPSA) is 77.5 Å². The molecule has 1 amide bonds. The van der Waals surface area contributed by atoms with Crippen molar-refractivity contribution in [2.24, 2.45) is 0 Å². The molecule has 0 saturated heterocycles. The van der Waals surface area contributed by atoms with E-state index in [0.717, 1.165) is 20.8 Å². The maximum absolute atomic E-state index is 11.9. The van der Waals surface area contributed by atoms with Gasteiger partial charge in [0.2, 0.25) is 0 Å². The van der Waals surface area contributed by atoms with E-state index in [1.807, 2.05) is 31.2 Å². The summed E-state index contributed by atoms with van der Waals surface area (Å²) in [6, 6.07) is 12.9. The molecule has 0 radical (unpaired) electrons. The van der Waals surface area contributed by atoms with Crippen LogP contribution in [0.15, 0.2) is 42.5 Å². The second-order valence-electron chi connectivity index (χ2n) is 5.74. The van der Waals surface area contributed by atoms with Crippen LogP contribution in [0.2, 0.25) is 5.02 Å². The van der Waals surface area contributed by atoms with Gasteiger partial charge in [0.1, 0.15) is 11.6 Å². The number of carbonyl (C=O) groups excluding carboxylic acids is 2. The number of hydrogen-bond donors (Lipinski definition) is 1. The lowest BCUT2D eigenvalue weighted by Gasteiger charge is -2.09. The van der Waals surface area contributed by atoms with E-state index in [4.69, 9.17) is 21.1 Å². The monoisotopic (exact) mass is 404 g/mol. The first-order valence-corrected chi connectivity index (χ1v) is 9.34. The Morgan fingerprint density at radius 3 is 2.78 bits per heavy atom. The number of nitrogens with zero attached hydrogens (tertiary/aromatic N) is 1. The first-order chi connectivity index (χ1) is 13.0. The minimum absolute atomic E-state index is 0.213. The number of esters is 1. The summed E-state index contributed by atoms with van der Waals surface area (Å²) >= 11 is 7.38. The Kier molecular flexibility index (Phi) is 6.39. The number of rotatable bonds is 7. The lowest BCUT2D eigenvalue weighted by molar-refractivity contribution is -0.152. The number of aromatic nitrogens is 1. The average molecular weight is 405 g/mol. The third kappa shape index (κ3) is 5.50. The smallest absolute Gasteiger partial charge is 0.332 e. The zero-order chi connectivity index (χ0) is 19.2.